The predicted molar refractivity (Wildman–Crippen MR) is 131 cm³/mol. The molecule has 0 aliphatic heterocycles. The van der Waals surface area contributed by atoms with E-state index < -0.39 is 25.9 Å². The SMILES string of the molecule is COC(=O)[C@H](Cc1ccc(OC)cc1)N(C(=O)OCC1c2ccccc2-c2ccccc21)P(=O)(O)O. The van der Waals surface area contributed by atoms with Gasteiger partial charge in [0.05, 0.1) is 14.2 Å². The summed E-state index contributed by atoms with van der Waals surface area (Å²) < 4.78 is 27.9. The van der Waals surface area contributed by atoms with Crippen LogP contribution in [0, 0.1) is 0 Å². The second-order valence-electron chi connectivity index (χ2n) is 8.25. The average Bonchev–Trinajstić information content (AvgIpc) is 3.20. The Bertz CT molecular complexity index is 1260. The molecule has 0 saturated heterocycles. The largest absolute Gasteiger partial charge is 0.497 e. The van der Waals surface area contributed by atoms with Gasteiger partial charge in [0.25, 0.3) is 0 Å². The fourth-order valence-electron chi connectivity index (χ4n) is 4.47. The zero-order valence-corrected chi connectivity index (χ0v) is 20.6. The highest BCUT2D eigenvalue weighted by Gasteiger charge is 2.43. The molecular formula is C26H26NO8P. The molecule has 0 heterocycles. The van der Waals surface area contributed by atoms with Gasteiger partial charge in [-0.3, -0.25) is 0 Å². The van der Waals surface area contributed by atoms with Crippen molar-refractivity contribution in [3.63, 3.8) is 0 Å². The highest BCUT2D eigenvalue weighted by molar-refractivity contribution is 7.50. The van der Waals surface area contributed by atoms with Crippen LogP contribution in [-0.2, 0) is 25.3 Å². The molecule has 1 aliphatic rings. The van der Waals surface area contributed by atoms with E-state index in [0.29, 0.717) is 11.3 Å². The maximum atomic E-state index is 13.1. The molecule has 36 heavy (non-hydrogen) atoms. The normalized spacial score (nSPS) is 13.3. The summed E-state index contributed by atoms with van der Waals surface area (Å²) in [6.07, 6.45) is -1.51. The molecule has 2 N–H and O–H groups in total. The van der Waals surface area contributed by atoms with E-state index in [1.54, 1.807) is 24.3 Å². The van der Waals surface area contributed by atoms with E-state index in [1.165, 1.54) is 7.11 Å². The van der Waals surface area contributed by atoms with E-state index in [4.69, 9.17) is 14.2 Å². The Balaban J connectivity index is 1.59. The highest BCUT2D eigenvalue weighted by Crippen LogP contribution is 2.46. The number of nitrogens with zero attached hydrogens (tertiary/aromatic N) is 1. The summed E-state index contributed by atoms with van der Waals surface area (Å²) in [5.41, 5.74) is 4.44. The summed E-state index contributed by atoms with van der Waals surface area (Å²) >= 11 is 0. The van der Waals surface area contributed by atoms with Crippen LogP contribution in [0.1, 0.15) is 22.6 Å². The molecule has 1 aliphatic carbocycles. The molecule has 0 spiro atoms. The molecule has 0 saturated carbocycles. The maximum absolute atomic E-state index is 13.1. The number of benzene rings is 3. The van der Waals surface area contributed by atoms with Crippen LogP contribution in [-0.4, -0.2) is 53.4 Å². The van der Waals surface area contributed by atoms with Crippen LogP contribution in [0.5, 0.6) is 5.75 Å². The first-order chi connectivity index (χ1) is 17.2. The molecule has 0 unspecified atom stereocenters. The van der Waals surface area contributed by atoms with Gasteiger partial charge in [-0.05, 0) is 39.9 Å². The number of hydrogen-bond donors (Lipinski definition) is 2. The van der Waals surface area contributed by atoms with Crippen molar-refractivity contribution in [2.24, 2.45) is 0 Å². The molecule has 3 aromatic rings. The minimum Gasteiger partial charge on any atom is -0.497 e. The molecule has 0 aromatic heterocycles. The Morgan fingerprint density at radius 3 is 1.97 bits per heavy atom. The highest BCUT2D eigenvalue weighted by atomic mass is 31.2. The van der Waals surface area contributed by atoms with Gasteiger partial charge in [-0.25, -0.2) is 14.2 Å². The molecule has 0 radical (unpaired) electrons. The van der Waals surface area contributed by atoms with Crippen LogP contribution in [0.2, 0.25) is 0 Å². The topological polar surface area (TPSA) is 123 Å². The first-order valence-corrected chi connectivity index (χ1v) is 12.7. The van der Waals surface area contributed by atoms with Crippen molar-refractivity contribution >= 4 is 19.8 Å². The summed E-state index contributed by atoms with van der Waals surface area (Å²) in [4.78, 5) is 45.8. The van der Waals surface area contributed by atoms with E-state index in [9.17, 15) is 23.9 Å². The lowest BCUT2D eigenvalue weighted by Gasteiger charge is -2.29. The fraction of sp³-hybridized carbons (Fsp3) is 0.231. The average molecular weight is 511 g/mol. The quantitative estimate of drug-likeness (QED) is 0.342. The van der Waals surface area contributed by atoms with Crippen LogP contribution in [0.3, 0.4) is 0 Å². The Kier molecular flexibility index (Phi) is 7.45. The monoisotopic (exact) mass is 511 g/mol. The van der Waals surface area contributed by atoms with Crippen LogP contribution in [0.4, 0.5) is 4.79 Å². The van der Waals surface area contributed by atoms with Crippen molar-refractivity contribution in [1.29, 1.82) is 0 Å². The maximum Gasteiger partial charge on any atom is 0.435 e. The van der Waals surface area contributed by atoms with Crippen LogP contribution in [0.15, 0.2) is 72.8 Å². The van der Waals surface area contributed by atoms with Gasteiger partial charge in [0.2, 0.25) is 0 Å². The number of hydrogen-bond acceptors (Lipinski definition) is 6. The third kappa shape index (κ3) is 5.14. The van der Waals surface area contributed by atoms with E-state index in [2.05, 4.69) is 0 Å². The smallest absolute Gasteiger partial charge is 0.435 e. The Labute approximate surface area is 208 Å². The molecule has 188 valence electrons. The number of methoxy groups -OCH3 is 2. The van der Waals surface area contributed by atoms with E-state index in [0.717, 1.165) is 29.4 Å². The Morgan fingerprint density at radius 2 is 1.47 bits per heavy atom. The molecule has 9 nitrogen and oxygen atoms in total. The van der Waals surface area contributed by atoms with Crippen molar-refractivity contribution < 1.29 is 38.2 Å². The summed E-state index contributed by atoms with van der Waals surface area (Å²) in [6, 6.07) is 20.3. The molecule has 1 amide bonds. The molecule has 0 bridgehead atoms. The van der Waals surface area contributed by atoms with E-state index in [1.807, 2.05) is 48.5 Å². The van der Waals surface area contributed by atoms with Crippen molar-refractivity contribution in [2.75, 3.05) is 20.8 Å². The van der Waals surface area contributed by atoms with Crippen LogP contribution in [0.25, 0.3) is 11.1 Å². The predicted octanol–water partition coefficient (Wildman–Crippen LogP) is 4.12. The molecule has 10 heteroatoms. The lowest BCUT2D eigenvalue weighted by atomic mass is 9.98. The molecular weight excluding hydrogens is 485 g/mol. The van der Waals surface area contributed by atoms with Gasteiger partial charge in [-0.1, -0.05) is 60.7 Å². The number of fused-ring (bicyclic) bond motifs is 3. The van der Waals surface area contributed by atoms with E-state index in [-0.39, 0.29) is 23.6 Å². The van der Waals surface area contributed by atoms with Crippen molar-refractivity contribution in [3.8, 4) is 16.9 Å². The second kappa shape index (κ2) is 10.5. The van der Waals surface area contributed by atoms with Gasteiger partial charge >= 0.3 is 19.8 Å². The number of carbonyl (C=O) groups is 2. The summed E-state index contributed by atoms with van der Waals surface area (Å²) in [7, 11) is -2.69. The summed E-state index contributed by atoms with van der Waals surface area (Å²) in [5.74, 6) is -0.738. The Hall–Kier alpha value is -3.65. The van der Waals surface area contributed by atoms with Gasteiger partial charge in [-0.2, -0.15) is 4.67 Å². The lowest BCUT2D eigenvalue weighted by molar-refractivity contribution is -0.145. The van der Waals surface area contributed by atoms with Gasteiger partial charge in [0, 0.05) is 12.3 Å². The van der Waals surface area contributed by atoms with Gasteiger partial charge < -0.3 is 24.0 Å². The van der Waals surface area contributed by atoms with E-state index >= 15 is 0 Å². The lowest BCUT2D eigenvalue weighted by Crippen LogP contribution is -2.45. The number of amides is 1. The van der Waals surface area contributed by atoms with Crippen LogP contribution >= 0.6 is 7.75 Å². The molecule has 1 atom stereocenters. The Morgan fingerprint density at radius 1 is 0.917 bits per heavy atom. The first-order valence-electron chi connectivity index (χ1n) is 11.2. The third-order valence-electron chi connectivity index (χ3n) is 6.16. The van der Waals surface area contributed by atoms with Crippen molar-refractivity contribution in [3.05, 3.63) is 89.5 Å². The van der Waals surface area contributed by atoms with Gasteiger partial charge in [0.1, 0.15) is 18.4 Å². The van der Waals surface area contributed by atoms with Crippen molar-refractivity contribution in [1.82, 2.24) is 4.67 Å². The minimum absolute atomic E-state index is 0.163. The first kappa shape index (κ1) is 25.4. The van der Waals surface area contributed by atoms with Gasteiger partial charge in [-0.15, -0.1) is 0 Å². The number of carbonyl (C=O) groups excluding carboxylic acids is 2. The standard InChI is InChI=1S/C26H26NO8P/c1-33-18-13-11-17(12-14-18)15-24(25(28)34-2)27(36(30,31)32)26(29)35-16-23-21-9-5-3-7-19(21)20-8-4-6-10-22(20)23/h3-14,23-24H,15-16H2,1-2H3,(H2,30,31,32)/t24-/m0/s1. The number of esters is 1. The van der Waals surface area contributed by atoms with Crippen LogP contribution < -0.4 is 4.74 Å². The van der Waals surface area contributed by atoms with Gasteiger partial charge in [0.15, 0.2) is 0 Å². The fourth-order valence-corrected chi connectivity index (χ4v) is 5.28. The number of rotatable bonds is 8. The summed E-state index contributed by atoms with van der Waals surface area (Å²) in [6.45, 7) is -0.167. The summed E-state index contributed by atoms with van der Waals surface area (Å²) in [5, 5.41) is 0. The molecule has 4 rings (SSSR count). The number of ether oxygens (including phenoxy) is 3. The zero-order chi connectivity index (χ0) is 25.9. The molecule has 3 aromatic carbocycles. The molecule has 0 fully saturated rings. The van der Waals surface area contributed by atoms with Crippen molar-refractivity contribution in [2.45, 2.75) is 18.4 Å². The third-order valence-corrected chi connectivity index (χ3v) is 7.16. The minimum atomic E-state index is -5.27. The zero-order valence-electron chi connectivity index (χ0n) is 19.7. The second-order valence-corrected chi connectivity index (χ2v) is 9.71.